The first kappa shape index (κ1) is 14.1. The van der Waals surface area contributed by atoms with Gasteiger partial charge in [0.05, 0.1) is 5.56 Å². The molecule has 2 rings (SSSR count). The van der Waals surface area contributed by atoms with Crippen molar-refractivity contribution in [1.29, 1.82) is 0 Å². The molecule has 0 aliphatic rings. The molecular weight excluding hydrogens is 252 g/mol. The van der Waals surface area contributed by atoms with Crippen LogP contribution < -0.4 is 10.0 Å². The molecule has 1 atom stereocenters. The van der Waals surface area contributed by atoms with E-state index in [1.165, 1.54) is 30.1 Å². The van der Waals surface area contributed by atoms with Crippen LogP contribution in [0.5, 0.6) is 0 Å². The summed E-state index contributed by atoms with van der Waals surface area (Å²) >= 11 is 0. The second-order valence-electron chi connectivity index (χ2n) is 4.85. The molecule has 0 bridgehead atoms. The summed E-state index contributed by atoms with van der Waals surface area (Å²) in [5.41, 5.74) is 1.77. The lowest BCUT2D eigenvalue weighted by Gasteiger charge is -2.13. The van der Waals surface area contributed by atoms with E-state index in [-0.39, 0.29) is 11.9 Å². The lowest BCUT2D eigenvalue weighted by molar-refractivity contribution is -0.605. The number of aromatic nitrogens is 1. The van der Waals surface area contributed by atoms with Crippen molar-refractivity contribution in [2.45, 2.75) is 25.8 Å². The number of rotatable bonds is 5. The topological polar surface area (TPSA) is 56.0 Å². The van der Waals surface area contributed by atoms with Gasteiger partial charge in [-0.15, -0.1) is 0 Å². The third-order valence-corrected chi connectivity index (χ3v) is 3.15. The van der Waals surface area contributed by atoms with Crippen LogP contribution in [-0.4, -0.2) is 11.9 Å². The van der Waals surface area contributed by atoms with Crippen LogP contribution in [0.25, 0.3) is 0 Å². The van der Waals surface area contributed by atoms with Gasteiger partial charge >= 0.3 is 0 Å². The molecule has 0 spiro atoms. The lowest BCUT2D eigenvalue weighted by atomic mass is 10.1. The molecule has 1 N–H and O–H groups in total. The average molecular weight is 270 g/mol. The zero-order valence-electron chi connectivity index (χ0n) is 11.5. The zero-order valence-corrected chi connectivity index (χ0v) is 11.5. The van der Waals surface area contributed by atoms with Crippen LogP contribution in [0.1, 0.15) is 29.3 Å². The van der Waals surface area contributed by atoms with E-state index < -0.39 is 0 Å². The van der Waals surface area contributed by atoms with Crippen molar-refractivity contribution in [3.05, 3.63) is 71.2 Å². The third kappa shape index (κ3) is 4.09. The minimum Gasteiger partial charge on any atom is -0.619 e. The highest BCUT2D eigenvalue weighted by Crippen LogP contribution is 2.05. The minimum absolute atomic E-state index is 0.0855. The van der Waals surface area contributed by atoms with E-state index in [0.717, 1.165) is 12.8 Å². The van der Waals surface area contributed by atoms with Gasteiger partial charge in [0.2, 0.25) is 0 Å². The molecule has 0 saturated carbocycles. The Labute approximate surface area is 118 Å². The smallest absolute Gasteiger partial charge is 0.251 e. The van der Waals surface area contributed by atoms with E-state index >= 15 is 0 Å². The maximum absolute atomic E-state index is 12.0. The predicted octanol–water partition coefficient (Wildman–Crippen LogP) is 2.07. The van der Waals surface area contributed by atoms with Gasteiger partial charge in [-0.2, -0.15) is 4.73 Å². The molecule has 20 heavy (non-hydrogen) atoms. The number of pyridine rings is 1. The Morgan fingerprint density at radius 3 is 2.50 bits per heavy atom. The number of carbonyl (C=O) groups excluding carboxylic acids is 1. The highest BCUT2D eigenvalue weighted by Gasteiger charge is 2.10. The molecule has 0 aliphatic heterocycles. The van der Waals surface area contributed by atoms with Gasteiger partial charge in [-0.1, -0.05) is 30.3 Å². The SMILES string of the molecule is C[C@@H](CCc1ccccc1)NC(=O)c1cc[n+]([O-])cc1. The van der Waals surface area contributed by atoms with Gasteiger partial charge in [-0.05, 0) is 25.3 Å². The summed E-state index contributed by atoms with van der Waals surface area (Å²) in [7, 11) is 0. The fourth-order valence-corrected chi connectivity index (χ4v) is 1.97. The van der Waals surface area contributed by atoms with Crippen molar-refractivity contribution < 1.29 is 9.52 Å². The molecule has 1 aromatic heterocycles. The second-order valence-corrected chi connectivity index (χ2v) is 4.85. The molecule has 0 aliphatic carbocycles. The molecule has 1 aromatic carbocycles. The van der Waals surface area contributed by atoms with Gasteiger partial charge in [0.1, 0.15) is 0 Å². The molecule has 0 radical (unpaired) electrons. The number of nitrogens with one attached hydrogen (secondary N) is 1. The first-order chi connectivity index (χ1) is 9.65. The molecule has 4 nitrogen and oxygen atoms in total. The quantitative estimate of drug-likeness (QED) is 0.668. The summed E-state index contributed by atoms with van der Waals surface area (Å²) in [6.45, 7) is 1.98. The Balaban J connectivity index is 1.83. The summed E-state index contributed by atoms with van der Waals surface area (Å²) in [6.07, 6.45) is 4.45. The standard InChI is InChI=1S/C16H18N2O2/c1-13(7-8-14-5-3-2-4-6-14)17-16(19)15-9-11-18(20)12-10-15/h2-6,9-13H,7-8H2,1H3,(H,17,19)/t13-/m0/s1. The maximum Gasteiger partial charge on any atom is 0.251 e. The Hall–Kier alpha value is -2.36. The molecule has 0 saturated heterocycles. The van der Waals surface area contributed by atoms with Gasteiger partial charge < -0.3 is 10.5 Å². The van der Waals surface area contributed by atoms with Gasteiger partial charge in [0, 0.05) is 18.2 Å². The first-order valence-corrected chi connectivity index (χ1v) is 6.69. The van der Waals surface area contributed by atoms with Crippen molar-refractivity contribution in [2.24, 2.45) is 0 Å². The normalized spacial score (nSPS) is 11.8. The molecule has 4 heteroatoms. The van der Waals surface area contributed by atoms with Crippen LogP contribution in [0, 0.1) is 5.21 Å². The van der Waals surface area contributed by atoms with Gasteiger partial charge in [-0.3, -0.25) is 4.79 Å². The number of nitrogens with zero attached hydrogens (tertiary/aromatic N) is 1. The fraction of sp³-hybridized carbons (Fsp3) is 0.250. The van der Waals surface area contributed by atoms with Crippen molar-refractivity contribution in [1.82, 2.24) is 5.32 Å². The van der Waals surface area contributed by atoms with Crippen molar-refractivity contribution in [3.8, 4) is 0 Å². The Kier molecular flexibility index (Phi) is 4.71. The van der Waals surface area contributed by atoms with Gasteiger partial charge in [0.15, 0.2) is 12.4 Å². The average Bonchev–Trinajstić information content (AvgIpc) is 2.47. The van der Waals surface area contributed by atoms with Crippen molar-refractivity contribution >= 4 is 5.91 Å². The van der Waals surface area contributed by atoms with Crippen molar-refractivity contribution in [3.63, 3.8) is 0 Å². The molecule has 1 heterocycles. The summed E-state index contributed by atoms with van der Waals surface area (Å²) in [5.74, 6) is -0.147. The highest BCUT2D eigenvalue weighted by atomic mass is 16.5. The Morgan fingerprint density at radius 2 is 1.85 bits per heavy atom. The largest absolute Gasteiger partial charge is 0.619 e. The minimum atomic E-state index is -0.147. The Bertz CT molecular complexity index is 552. The van der Waals surface area contributed by atoms with Crippen LogP contribution >= 0.6 is 0 Å². The number of benzene rings is 1. The lowest BCUT2D eigenvalue weighted by Crippen LogP contribution is -2.33. The summed E-state index contributed by atoms with van der Waals surface area (Å²) in [5, 5.41) is 13.8. The number of aryl methyl sites for hydroxylation is 1. The Morgan fingerprint density at radius 1 is 1.20 bits per heavy atom. The molecule has 0 fully saturated rings. The number of hydrogen-bond acceptors (Lipinski definition) is 2. The second kappa shape index (κ2) is 6.70. The maximum atomic E-state index is 12.0. The van der Waals surface area contributed by atoms with Crippen LogP contribution in [0.15, 0.2) is 54.9 Å². The molecule has 1 amide bonds. The van der Waals surface area contributed by atoms with E-state index in [2.05, 4.69) is 17.4 Å². The summed E-state index contributed by atoms with van der Waals surface area (Å²) < 4.78 is 0.662. The monoisotopic (exact) mass is 270 g/mol. The van der Waals surface area contributed by atoms with Crippen LogP contribution in [0.2, 0.25) is 0 Å². The number of carbonyl (C=O) groups is 1. The fourth-order valence-electron chi connectivity index (χ4n) is 1.97. The van der Waals surface area contributed by atoms with Gasteiger partial charge in [-0.25, -0.2) is 0 Å². The number of amides is 1. The van der Waals surface area contributed by atoms with Crippen LogP contribution in [0.4, 0.5) is 0 Å². The molecule has 2 aromatic rings. The van der Waals surface area contributed by atoms with E-state index in [9.17, 15) is 10.0 Å². The zero-order chi connectivity index (χ0) is 14.4. The van der Waals surface area contributed by atoms with Crippen molar-refractivity contribution in [2.75, 3.05) is 0 Å². The predicted molar refractivity (Wildman–Crippen MR) is 77.1 cm³/mol. The van der Waals surface area contributed by atoms with E-state index in [0.29, 0.717) is 10.3 Å². The summed E-state index contributed by atoms with van der Waals surface area (Å²) in [4.78, 5) is 12.0. The number of hydrogen-bond donors (Lipinski definition) is 1. The third-order valence-electron chi connectivity index (χ3n) is 3.15. The first-order valence-electron chi connectivity index (χ1n) is 6.69. The highest BCUT2D eigenvalue weighted by molar-refractivity contribution is 5.94. The van der Waals surface area contributed by atoms with E-state index in [1.54, 1.807) is 0 Å². The van der Waals surface area contributed by atoms with E-state index in [1.807, 2.05) is 25.1 Å². The van der Waals surface area contributed by atoms with Crippen LogP contribution in [0.3, 0.4) is 0 Å². The molecule has 104 valence electrons. The molecule has 0 unspecified atom stereocenters. The van der Waals surface area contributed by atoms with Crippen LogP contribution in [-0.2, 0) is 6.42 Å². The van der Waals surface area contributed by atoms with E-state index in [4.69, 9.17) is 0 Å². The molecular formula is C16H18N2O2. The summed E-state index contributed by atoms with van der Waals surface area (Å²) in [6, 6.07) is 13.3. The van der Waals surface area contributed by atoms with Gasteiger partial charge in [0.25, 0.3) is 5.91 Å².